The van der Waals surface area contributed by atoms with Crippen molar-refractivity contribution < 1.29 is 15.0 Å². The van der Waals surface area contributed by atoms with E-state index in [2.05, 4.69) is 0 Å². The monoisotopic (exact) mass is 220 g/mol. The molecule has 1 atom stereocenters. The number of aliphatic carboxylic acids is 1. The van der Waals surface area contributed by atoms with Gasteiger partial charge in [0.15, 0.2) is 0 Å². The van der Waals surface area contributed by atoms with Gasteiger partial charge >= 0.3 is 5.97 Å². The number of carboxylic acid groups (broad SMARTS) is 1. The Hall–Kier alpha value is -1.35. The SMILES string of the molecule is O=C(O)CCc1ccc(C(O)C2CC2)cc1. The third-order valence-electron chi connectivity index (χ3n) is 3.02. The lowest BCUT2D eigenvalue weighted by Gasteiger charge is -2.09. The van der Waals surface area contributed by atoms with Crippen molar-refractivity contribution in [2.45, 2.75) is 31.8 Å². The van der Waals surface area contributed by atoms with E-state index < -0.39 is 5.97 Å². The molecule has 1 aromatic rings. The molecule has 2 rings (SSSR count). The lowest BCUT2D eigenvalue weighted by atomic mass is 10.0. The van der Waals surface area contributed by atoms with E-state index in [4.69, 9.17) is 5.11 Å². The molecule has 1 aromatic carbocycles. The van der Waals surface area contributed by atoms with Crippen LogP contribution >= 0.6 is 0 Å². The number of carbonyl (C=O) groups is 1. The Labute approximate surface area is 94.7 Å². The Kier molecular flexibility index (Phi) is 3.25. The molecule has 1 fully saturated rings. The summed E-state index contributed by atoms with van der Waals surface area (Å²) in [4.78, 5) is 10.4. The highest BCUT2D eigenvalue weighted by atomic mass is 16.4. The van der Waals surface area contributed by atoms with Crippen LogP contribution < -0.4 is 0 Å². The van der Waals surface area contributed by atoms with Gasteiger partial charge in [0.05, 0.1) is 6.10 Å². The van der Waals surface area contributed by atoms with Crippen molar-refractivity contribution in [1.82, 2.24) is 0 Å². The molecule has 2 N–H and O–H groups in total. The number of aliphatic hydroxyl groups excluding tert-OH is 1. The summed E-state index contributed by atoms with van der Waals surface area (Å²) in [5.74, 6) is -0.341. The summed E-state index contributed by atoms with van der Waals surface area (Å²) in [6.07, 6.45) is 2.59. The van der Waals surface area contributed by atoms with Crippen LogP contribution in [-0.4, -0.2) is 16.2 Å². The van der Waals surface area contributed by atoms with E-state index in [9.17, 15) is 9.90 Å². The molecule has 0 heterocycles. The molecular formula is C13H16O3. The first-order valence-electron chi connectivity index (χ1n) is 5.65. The van der Waals surface area contributed by atoms with Crippen LogP contribution in [0.2, 0.25) is 0 Å². The first-order valence-corrected chi connectivity index (χ1v) is 5.65. The van der Waals surface area contributed by atoms with E-state index in [-0.39, 0.29) is 12.5 Å². The molecule has 1 aliphatic carbocycles. The molecule has 0 amide bonds. The van der Waals surface area contributed by atoms with Crippen LogP contribution in [-0.2, 0) is 11.2 Å². The van der Waals surface area contributed by atoms with Gasteiger partial charge in [0.25, 0.3) is 0 Å². The highest BCUT2D eigenvalue weighted by Crippen LogP contribution is 2.40. The van der Waals surface area contributed by atoms with Gasteiger partial charge in [-0.1, -0.05) is 24.3 Å². The predicted octanol–water partition coefficient (Wildman–Crippen LogP) is 2.15. The predicted molar refractivity (Wildman–Crippen MR) is 60.1 cm³/mol. The third kappa shape index (κ3) is 2.83. The fraction of sp³-hybridized carbons (Fsp3) is 0.462. The molecule has 0 saturated heterocycles. The topological polar surface area (TPSA) is 57.5 Å². The zero-order chi connectivity index (χ0) is 11.5. The fourth-order valence-corrected chi connectivity index (χ4v) is 1.82. The van der Waals surface area contributed by atoms with E-state index in [1.807, 2.05) is 24.3 Å². The van der Waals surface area contributed by atoms with Gasteiger partial charge in [0.1, 0.15) is 0 Å². The molecule has 1 aliphatic rings. The summed E-state index contributed by atoms with van der Waals surface area (Å²) in [6, 6.07) is 7.62. The van der Waals surface area contributed by atoms with Crippen molar-refractivity contribution in [3.05, 3.63) is 35.4 Å². The van der Waals surface area contributed by atoms with Gasteiger partial charge in [-0.05, 0) is 36.3 Å². The minimum atomic E-state index is -0.776. The van der Waals surface area contributed by atoms with E-state index >= 15 is 0 Å². The average molecular weight is 220 g/mol. The van der Waals surface area contributed by atoms with Crippen molar-refractivity contribution in [2.75, 3.05) is 0 Å². The molecule has 0 aromatic heterocycles. The lowest BCUT2D eigenvalue weighted by Crippen LogP contribution is -2.00. The van der Waals surface area contributed by atoms with Crippen molar-refractivity contribution in [1.29, 1.82) is 0 Å². The minimum Gasteiger partial charge on any atom is -0.481 e. The molecule has 0 bridgehead atoms. The summed E-state index contributed by atoms with van der Waals surface area (Å²) in [5, 5.41) is 18.4. The quantitative estimate of drug-likeness (QED) is 0.799. The molecule has 0 spiro atoms. The Morgan fingerprint density at radius 1 is 1.31 bits per heavy atom. The van der Waals surface area contributed by atoms with Crippen molar-refractivity contribution in [2.24, 2.45) is 5.92 Å². The molecule has 1 unspecified atom stereocenters. The van der Waals surface area contributed by atoms with Crippen LogP contribution in [0, 0.1) is 5.92 Å². The van der Waals surface area contributed by atoms with Crippen LogP contribution in [0.15, 0.2) is 24.3 Å². The Bertz CT molecular complexity index is 365. The van der Waals surface area contributed by atoms with Crippen molar-refractivity contribution in [3.8, 4) is 0 Å². The number of aryl methyl sites for hydroxylation is 1. The van der Waals surface area contributed by atoms with Crippen LogP contribution in [0.3, 0.4) is 0 Å². The number of rotatable bonds is 5. The van der Waals surface area contributed by atoms with Crippen molar-refractivity contribution >= 4 is 5.97 Å². The first kappa shape index (κ1) is 11.1. The largest absolute Gasteiger partial charge is 0.481 e. The van der Waals surface area contributed by atoms with Gasteiger partial charge in [-0.15, -0.1) is 0 Å². The molecule has 1 saturated carbocycles. The second-order valence-electron chi connectivity index (χ2n) is 4.42. The smallest absolute Gasteiger partial charge is 0.303 e. The maximum absolute atomic E-state index is 10.4. The van der Waals surface area contributed by atoms with Gasteiger partial charge in [0.2, 0.25) is 0 Å². The lowest BCUT2D eigenvalue weighted by molar-refractivity contribution is -0.136. The molecule has 0 aliphatic heterocycles. The van der Waals surface area contributed by atoms with Crippen molar-refractivity contribution in [3.63, 3.8) is 0 Å². The molecule has 3 nitrogen and oxygen atoms in total. The number of aliphatic hydroxyl groups is 1. The number of benzene rings is 1. The number of hydrogen-bond acceptors (Lipinski definition) is 2. The van der Waals surface area contributed by atoms with Crippen LogP contribution in [0.25, 0.3) is 0 Å². The van der Waals surface area contributed by atoms with Gasteiger partial charge in [0, 0.05) is 6.42 Å². The maximum atomic E-state index is 10.4. The maximum Gasteiger partial charge on any atom is 0.303 e. The molecule has 86 valence electrons. The average Bonchev–Trinajstić information content (AvgIpc) is 3.10. The molecule has 16 heavy (non-hydrogen) atoms. The molecular weight excluding hydrogens is 204 g/mol. The number of carboxylic acids is 1. The Morgan fingerprint density at radius 3 is 2.44 bits per heavy atom. The van der Waals surface area contributed by atoms with E-state index in [1.54, 1.807) is 0 Å². The van der Waals surface area contributed by atoms with Crippen LogP contribution in [0.4, 0.5) is 0 Å². The summed E-state index contributed by atoms with van der Waals surface area (Å²) in [5.41, 5.74) is 1.95. The standard InChI is InChI=1S/C13H16O3/c14-12(15)8-3-9-1-4-10(5-2-9)13(16)11-6-7-11/h1-2,4-5,11,13,16H,3,6-8H2,(H,14,15). The van der Waals surface area contributed by atoms with Crippen LogP contribution in [0.1, 0.15) is 36.5 Å². The zero-order valence-electron chi connectivity index (χ0n) is 9.10. The third-order valence-corrected chi connectivity index (χ3v) is 3.02. The summed E-state index contributed by atoms with van der Waals surface area (Å²) in [7, 11) is 0. The fourth-order valence-electron chi connectivity index (χ4n) is 1.82. The summed E-state index contributed by atoms with van der Waals surface area (Å²) < 4.78 is 0. The van der Waals surface area contributed by atoms with Gasteiger partial charge in [-0.2, -0.15) is 0 Å². The highest BCUT2D eigenvalue weighted by molar-refractivity contribution is 5.67. The van der Waals surface area contributed by atoms with Crippen LogP contribution in [0.5, 0.6) is 0 Å². The Morgan fingerprint density at radius 2 is 1.94 bits per heavy atom. The molecule has 3 heteroatoms. The van der Waals surface area contributed by atoms with E-state index in [1.165, 1.54) is 0 Å². The normalized spacial score (nSPS) is 17.1. The second-order valence-corrected chi connectivity index (χ2v) is 4.42. The Balaban J connectivity index is 1.95. The van der Waals surface area contributed by atoms with E-state index in [0.29, 0.717) is 12.3 Å². The summed E-state index contributed by atoms with van der Waals surface area (Å²) in [6.45, 7) is 0. The summed E-state index contributed by atoms with van der Waals surface area (Å²) >= 11 is 0. The zero-order valence-corrected chi connectivity index (χ0v) is 9.10. The molecule has 0 radical (unpaired) electrons. The first-order chi connectivity index (χ1) is 7.66. The van der Waals surface area contributed by atoms with E-state index in [0.717, 1.165) is 24.0 Å². The van der Waals surface area contributed by atoms with Gasteiger partial charge in [-0.3, -0.25) is 4.79 Å². The minimum absolute atomic E-state index is 0.157. The van der Waals surface area contributed by atoms with Gasteiger partial charge < -0.3 is 10.2 Å². The number of hydrogen-bond donors (Lipinski definition) is 2. The second kappa shape index (κ2) is 4.66. The highest BCUT2D eigenvalue weighted by Gasteiger charge is 2.30. The van der Waals surface area contributed by atoms with Gasteiger partial charge in [-0.25, -0.2) is 0 Å².